The minimum atomic E-state index is 0.931. The van der Waals surface area contributed by atoms with Gasteiger partial charge in [0.2, 0.25) is 0 Å². The fraction of sp³-hybridized carbons (Fsp3) is 0.231. The topological polar surface area (TPSA) is 25.8 Å². The number of nitrogens with zero attached hydrogens (tertiary/aromatic N) is 2. The second-order valence-electron chi connectivity index (χ2n) is 3.76. The van der Waals surface area contributed by atoms with Crippen LogP contribution in [0.3, 0.4) is 0 Å². The van der Waals surface area contributed by atoms with E-state index in [-0.39, 0.29) is 0 Å². The predicted octanol–water partition coefficient (Wildman–Crippen LogP) is 3.48. The molecule has 0 unspecified atom stereocenters. The molecule has 0 saturated heterocycles. The monoisotopic (exact) mass is 230 g/mol. The van der Waals surface area contributed by atoms with Crippen LogP contribution >= 0.6 is 11.8 Å². The van der Waals surface area contributed by atoms with Crippen LogP contribution in [-0.4, -0.2) is 16.5 Å². The average molecular weight is 230 g/mol. The summed E-state index contributed by atoms with van der Waals surface area (Å²) in [6, 6.07) is 10.4. The number of hydrogen-bond acceptors (Lipinski definition) is 3. The molecule has 0 atom stereocenters. The molecule has 0 bridgehead atoms. The van der Waals surface area contributed by atoms with E-state index in [1.807, 2.05) is 18.4 Å². The molecule has 2 aromatic rings. The fourth-order valence-corrected chi connectivity index (χ4v) is 1.81. The number of benzene rings is 1. The van der Waals surface area contributed by atoms with Gasteiger partial charge in [0.05, 0.1) is 5.69 Å². The maximum absolute atomic E-state index is 4.22. The fourth-order valence-electron chi connectivity index (χ4n) is 1.48. The first-order chi connectivity index (χ1) is 7.70. The lowest BCUT2D eigenvalue weighted by Crippen LogP contribution is -1.90. The van der Waals surface area contributed by atoms with E-state index in [9.17, 15) is 0 Å². The smallest absolute Gasteiger partial charge is 0.119 e. The molecule has 1 aromatic carbocycles. The summed E-state index contributed by atoms with van der Waals surface area (Å²) in [7, 11) is 0. The minimum Gasteiger partial charge on any atom is -0.149 e. The zero-order valence-electron chi connectivity index (χ0n) is 9.69. The van der Waals surface area contributed by atoms with Crippen molar-refractivity contribution in [2.75, 3.05) is 6.26 Å². The van der Waals surface area contributed by atoms with Crippen LogP contribution in [-0.2, 0) is 0 Å². The molecule has 1 heterocycles. The summed E-state index contributed by atoms with van der Waals surface area (Å²) in [6.07, 6.45) is 2.00. The second-order valence-corrected chi connectivity index (χ2v) is 4.59. The molecule has 2 rings (SSSR count). The maximum atomic E-state index is 4.22. The highest BCUT2D eigenvalue weighted by atomic mass is 32.2. The maximum Gasteiger partial charge on any atom is 0.119 e. The molecule has 0 aliphatic heterocycles. The number of aromatic nitrogens is 2. The second kappa shape index (κ2) is 4.66. The summed E-state index contributed by atoms with van der Waals surface area (Å²) in [6.45, 7) is 4.23. The molecule has 0 aliphatic rings. The molecular weight excluding hydrogens is 216 g/mol. The van der Waals surface area contributed by atoms with Crippen LogP contribution in [0.5, 0.6) is 0 Å². The highest BCUT2D eigenvalue weighted by Gasteiger charge is 2.02. The Bertz CT molecular complexity index is 492. The van der Waals surface area contributed by atoms with Crippen LogP contribution in [0.2, 0.25) is 0 Å². The van der Waals surface area contributed by atoms with Crippen molar-refractivity contribution >= 4 is 11.8 Å². The average Bonchev–Trinajstić information content (AvgIpc) is 2.33. The SMILES string of the molecule is CSc1ccc(-c2ccc(C)c(C)c2)nn1. The molecular formula is C13H14N2S. The third kappa shape index (κ3) is 2.25. The Morgan fingerprint density at radius 2 is 1.75 bits per heavy atom. The van der Waals surface area contributed by atoms with Crippen molar-refractivity contribution < 1.29 is 0 Å². The summed E-state index contributed by atoms with van der Waals surface area (Å²) >= 11 is 1.60. The van der Waals surface area contributed by atoms with Gasteiger partial charge in [0.25, 0.3) is 0 Å². The molecule has 0 aliphatic carbocycles. The van der Waals surface area contributed by atoms with Gasteiger partial charge in [-0.1, -0.05) is 12.1 Å². The molecule has 0 spiro atoms. The van der Waals surface area contributed by atoms with Crippen molar-refractivity contribution in [2.24, 2.45) is 0 Å². The number of rotatable bonds is 2. The molecule has 0 amide bonds. The van der Waals surface area contributed by atoms with Crippen LogP contribution in [0.1, 0.15) is 11.1 Å². The van der Waals surface area contributed by atoms with E-state index >= 15 is 0 Å². The van der Waals surface area contributed by atoms with E-state index in [2.05, 4.69) is 42.2 Å². The van der Waals surface area contributed by atoms with Crippen molar-refractivity contribution in [3.8, 4) is 11.3 Å². The largest absolute Gasteiger partial charge is 0.149 e. The van der Waals surface area contributed by atoms with E-state index in [0.717, 1.165) is 16.3 Å². The van der Waals surface area contributed by atoms with Crippen molar-refractivity contribution in [2.45, 2.75) is 18.9 Å². The van der Waals surface area contributed by atoms with Crippen molar-refractivity contribution in [1.82, 2.24) is 10.2 Å². The molecule has 1 aromatic heterocycles. The Kier molecular flexibility index (Phi) is 3.25. The van der Waals surface area contributed by atoms with Gasteiger partial charge in [-0.25, -0.2) is 0 Å². The summed E-state index contributed by atoms with van der Waals surface area (Å²) in [5.74, 6) is 0. The summed E-state index contributed by atoms with van der Waals surface area (Å²) in [4.78, 5) is 0. The quantitative estimate of drug-likeness (QED) is 0.739. The first-order valence-electron chi connectivity index (χ1n) is 5.16. The van der Waals surface area contributed by atoms with Gasteiger partial charge in [0.1, 0.15) is 5.03 Å². The zero-order valence-corrected chi connectivity index (χ0v) is 10.5. The molecule has 16 heavy (non-hydrogen) atoms. The van der Waals surface area contributed by atoms with Crippen LogP contribution < -0.4 is 0 Å². The van der Waals surface area contributed by atoms with E-state index in [0.29, 0.717) is 0 Å². The lowest BCUT2D eigenvalue weighted by atomic mass is 10.0. The van der Waals surface area contributed by atoms with Gasteiger partial charge < -0.3 is 0 Å². The van der Waals surface area contributed by atoms with Gasteiger partial charge in [-0.3, -0.25) is 0 Å². The normalized spacial score (nSPS) is 10.4. The molecule has 0 N–H and O–H groups in total. The Morgan fingerprint density at radius 3 is 2.31 bits per heavy atom. The van der Waals surface area contributed by atoms with Gasteiger partial charge in [-0.2, -0.15) is 0 Å². The highest BCUT2D eigenvalue weighted by Crippen LogP contribution is 2.21. The predicted molar refractivity (Wildman–Crippen MR) is 68.7 cm³/mol. The molecule has 0 radical (unpaired) electrons. The van der Waals surface area contributed by atoms with E-state index in [1.54, 1.807) is 11.8 Å². The van der Waals surface area contributed by atoms with Crippen LogP contribution in [0.25, 0.3) is 11.3 Å². The molecule has 0 fully saturated rings. The molecule has 82 valence electrons. The molecule has 2 nitrogen and oxygen atoms in total. The Hall–Kier alpha value is -1.35. The van der Waals surface area contributed by atoms with Crippen LogP contribution in [0.4, 0.5) is 0 Å². The Morgan fingerprint density at radius 1 is 0.938 bits per heavy atom. The number of aryl methyl sites for hydroxylation is 2. The van der Waals surface area contributed by atoms with Crippen LogP contribution in [0.15, 0.2) is 35.4 Å². The first kappa shape index (κ1) is 11.1. The lowest BCUT2D eigenvalue weighted by Gasteiger charge is -2.04. The third-order valence-corrected chi connectivity index (χ3v) is 3.29. The molecule has 0 saturated carbocycles. The number of thioether (sulfide) groups is 1. The lowest BCUT2D eigenvalue weighted by molar-refractivity contribution is 0.937. The van der Waals surface area contributed by atoms with Gasteiger partial charge in [-0.05, 0) is 49.4 Å². The zero-order chi connectivity index (χ0) is 11.5. The summed E-state index contributed by atoms with van der Waals surface area (Å²) in [5, 5.41) is 9.31. The number of hydrogen-bond donors (Lipinski definition) is 0. The van der Waals surface area contributed by atoms with Crippen molar-refractivity contribution in [1.29, 1.82) is 0 Å². The molecule has 3 heteroatoms. The van der Waals surface area contributed by atoms with Gasteiger partial charge in [-0.15, -0.1) is 22.0 Å². The first-order valence-corrected chi connectivity index (χ1v) is 6.38. The summed E-state index contributed by atoms with van der Waals surface area (Å²) in [5.41, 5.74) is 4.65. The van der Waals surface area contributed by atoms with Crippen molar-refractivity contribution in [3.63, 3.8) is 0 Å². The van der Waals surface area contributed by atoms with Gasteiger partial charge in [0.15, 0.2) is 0 Å². The van der Waals surface area contributed by atoms with E-state index in [1.165, 1.54) is 11.1 Å². The van der Waals surface area contributed by atoms with Gasteiger partial charge >= 0.3 is 0 Å². The Labute approximate surface area is 100 Å². The Balaban J connectivity index is 2.38. The third-order valence-electron chi connectivity index (χ3n) is 2.65. The van der Waals surface area contributed by atoms with E-state index in [4.69, 9.17) is 0 Å². The standard InChI is InChI=1S/C13H14N2S/c1-9-4-5-11(8-10(9)2)12-6-7-13(16-3)15-14-12/h4-8H,1-3H3. The summed E-state index contributed by atoms with van der Waals surface area (Å²) < 4.78 is 0. The van der Waals surface area contributed by atoms with E-state index < -0.39 is 0 Å². The van der Waals surface area contributed by atoms with Crippen LogP contribution in [0, 0.1) is 13.8 Å². The van der Waals surface area contributed by atoms with Gasteiger partial charge in [0, 0.05) is 5.56 Å². The van der Waals surface area contributed by atoms with Crippen molar-refractivity contribution in [3.05, 3.63) is 41.5 Å². The highest BCUT2D eigenvalue weighted by molar-refractivity contribution is 7.98. The minimum absolute atomic E-state index is 0.931.